The molecule has 0 bridgehead atoms. The molecule has 0 saturated heterocycles. The summed E-state index contributed by atoms with van der Waals surface area (Å²) >= 11 is 0. The fraction of sp³-hybridized carbons (Fsp3) is 0.250. The molecule has 0 unspecified atom stereocenters. The minimum absolute atomic E-state index is 0.118. The van der Waals surface area contributed by atoms with E-state index in [9.17, 15) is 14.5 Å². The second kappa shape index (κ2) is 7.51. The number of nitro groups is 1. The van der Waals surface area contributed by atoms with Gasteiger partial charge in [0.1, 0.15) is 11.5 Å². The maximum absolute atomic E-state index is 13.2. The SMILES string of the molecule is CN(CCNc1cc(F)ccc1[N+](=O)[O-])Cc1ccccc1. The Morgan fingerprint density at radius 1 is 1.23 bits per heavy atom. The third-order valence-corrected chi connectivity index (χ3v) is 3.26. The van der Waals surface area contributed by atoms with Crippen LogP contribution in [0.2, 0.25) is 0 Å². The van der Waals surface area contributed by atoms with E-state index in [4.69, 9.17) is 0 Å². The molecule has 6 heteroatoms. The zero-order valence-corrected chi connectivity index (χ0v) is 12.3. The predicted octanol–water partition coefficient (Wildman–Crippen LogP) is 3.28. The molecule has 22 heavy (non-hydrogen) atoms. The van der Waals surface area contributed by atoms with Gasteiger partial charge in [0.15, 0.2) is 0 Å². The zero-order chi connectivity index (χ0) is 15.9. The van der Waals surface area contributed by atoms with Gasteiger partial charge in [-0.25, -0.2) is 4.39 Å². The molecule has 0 spiro atoms. The van der Waals surface area contributed by atoms with Gasteiger partial charge in [-0.2, -0.15) is 0 Å². The van der Waals surface area contributed by atoms with Crippen LogP contribution in [0.4, 0.5) is 15.8 Å². The maximum atomic E-state index is 13.2. The van der Waals surface area contributed by atoms with Gasteiger partial charge in [0.2, 0.25) is 0 Å². The maximum Gasteiger partial charge on any atom is 0.292 e. The van der Waals surface area contributed by atoms with Gasteiger partial charge in [-0.3, -0.25) is 10.1 Å². The van der Waals surface area contributed by atoms with E-state index >= 15 is 0 Å². The molecule has 5 nitrogen and oxygen atoms in total. The van der Waals surface area contributed by atoms with Crippen molar-refractivity contribution in [2.24, 2.45) is 0 Å². The van der Waals surface area contributed by atoms with Crippen LogP contribution in [-0.2, 0) is 6.54 Å². The third-order valence-electron chi connectivity index (χ3n) is 3.26. The number of nitro benzene ring substituents is 1. The normalized spacial score (nSPS) is 10.7. The molecule has 0 heterocycles. The van der Waals surface area contributed by atoms with Crippen molar-refractivity contribution in [3.8, 4) is 0 Å². The van der Waals surface area contributed by atoms with E-state index < -0.39 is 10.7 Å². The van der Waals surface area contributed by atoms with E-state index in [1.807, 2.05) is 37.4 Å². The van der Waals surface area contributed by atoms with Gasteiger partial charge in [-0.05, 0) is 18.7 Å². The summed E-state index contributed by atoms with van der Waals surface area (Å²) in [6, 6.07) is 13.4. The molecule has 0 aliphatic carbocycles. The summed E-state index contributed by atoms with van der Waals surface area (Å²) in [5.41, 5.74) is 1.28. The molecule has 2 rings (SSSR count). The highest BCUT2D eigenvalue weighted by Crippen LogP contribution is 2.24. The molecule has 116 valence electrons. The van der Waals surface area contributed by atoms with Gasteiger partial charge in [0, 0.05) is 31.8 Å². The molecule has 1 N–H and O–H groups in total. The van der Waals surface area contributed by atoms with E-state index in [-0.39, 0.29) is 11.4 Å². The van der Waals surface area contributed by atoms with Crippen LogP contribution in [0.3, 0.4) is 0 Å². The molecule has 0 aliphatic rings. The lowest BCUT2D eigenvalue weighted by molar-refractivity contribution is -0.384. The molecule has 0 fully saturated rings. The average Bonchev–Trinajstić information content (AvgIpc) is 2.48. The first kappa shape index (κ1) is 15.9. The van der Waals surface area contributed by atoms with Crippen LogP contribution in [0.15, 0.2) is 48.5 Å². The van der Waals surface area contributed by atoms with Crippen molar-refractivity contribution in [2.75, 3.05) is 25.5 Å². The van der Waals surface area contributed by atoms with Gasteiger partial charge in [-0.1, -0.05) is 30.3 Å². The average molecular weight is 303 g/mol. The summed E-state index contributed by atoms with van der Waals surface area (Å²) in [5.74, 6) is -0.495. The molecule has 0 amide bonds. The Morgan fingerprint density at radius 2 is 1.95 bits per heavy atom. The Kier molecular flexibility index (Phi) is 5.43. The number of nitrogens with zero attached hydrogens (tertiary/aromatic N) is 2. The number of anilines is 1. The van der Waals surface area contributed by atoms with Gasteiger partial charge in [0.05, 0.1) is 4.92 Å². The monoisotopic (exact) mass is 303 g/mol. The molecular weight excluding hydrogens is 285 g/mol. The Balaban J connectivity index is 1.88. The van der Waals surface area contributed by atoms with Crippen LogP contribution in [0.25, 0.3) is 0 Å². The van der Waals surface area contributed by atoms with Crippen molar-refractivity contribution in [2.45, 2.75) is 6.54 Å². The highest BCUT2D eigenvalue weighted by Gasteiger charge is 2.14. The summed E-state index contributed by atoms with van der Waals surface area (Å²) in [6.45, 7) is 1.96. The van der Waals surface area contributed by atoms with Gasteiger partial charge >= 0.3 is 0 Å². The lowest BCUT2D eigenvalue weighted by Crippen LogP contribution is -2.25. The topological polar surface area (TPSA) is 58.4 Å². The van der Waals surface area contributed by atoms with Crippen molar-refractivity contribution in [3.05, 3.63) is 70.0 Å². The number of halogens is 1. The molecule has 0 aromatic heterocycles. The highest BCUT2D eigenvalue weighted by atomic mass is 19.1. The minimum Gasteiger partial charge on any atom is -0.378 e. The molecule has 2 aromatic carbocycles. The molecule has 0 radical (unpaired) electrons. The Hall–Kier alpha value is -2.47. The second-order valence-corrected chi connectivity index (χ2v) is 5.07. The molecule has 0 atom stereocenters. The number of rotatable bonds is 7. The van der Waals surface area contributed by atoms with E-state index in [1.165, 1.54) is 11.6 Å². The number of hydrogen-bond acceptors (Lipinski definition) is 4. The van der Waals surface area contributed by atoms with Crippen LogP contribution in [0.5, 0.6) is 0 Å². The Morgan fingerprint density at radius 3 is 2.64 bits per heavy atom. The largest absolute Gasteiger partial charge is 0.378 e. The lowest BCUT2D eigenvalue weighted by atomic mass is 10.2. The summed E-state index contributed by atoms with van der Waals surface area (Å²) in [4.78, 5) is 12.5. The Bertz CT molecular complexity index is 635. The van der Waals surface area contributed by atoms with Crippen molar-refractivity contribution in [1.29, 1.82) is 0 Å². The number of nitrogens with one attached hydrogen (secondary N) is 1. The first-order valence-corrected chi connectivity index (χ1v) is 6.96. The molecular formula is C16H18FN3O2. The van der Waals surface area contributed by atoms with E-state index in [0.29, 0.717) is 13.1 Å². The fourth-order valence-electron chi connectivity index (χ4n) is 2.16. The van der Waals surface area contributed by atoms with Crippen molar-refractivity contribution < 1.29 is 9.31 Å². The van der Waals surface area contributed by atoms with Crippen molar-refractivity contribution >= 4 is 11.4 Å². The van der Waals surface area contributed by atoms with E-state index in [2.05, 4.69) is 10.2 Å². The van der Waals surface area contributed by atoms with Crippen LogP contribution < -0.4 is 5.32 Å². The zero-order valence-electron chi connectivity index (χ0n) is 12.3. The van der Waals surface area contributed by atoms with Crippen LogP contribution >= 0.6 is 0 Å². The quantitative estimate of drug-likeness (QED) is 0.630. The van der Waals surface area contributed by atoms with Crippen LogP contribution in [0, 0.1) is 15.9 Å². The van der Waals surface area contributed by atoms with Crippen LogP contribution in [0.1, 0.15) is 5.56 Å². The smallest absolute Gasteiger partial charge is 0.292 e. The molecule has 0 saturated carbocycles. The third kappa shape index (κ3) is 4.53. The van der Waals surface area contributed by atoms with E-state index in [0.717, 1.165) is 18.7 Å². The highest BCUT2D eigenvalue weighted by molar-refractivity contribution is 5.61. The fourth-order valence-corrected chi connectivity index (χ4v) is 2.16. The van der Waals surface area contributed by atoms with Crippen molar-refractivity contribution in [3.63, 3.8) is 0 Å². The summed E-state index contributed by atoms with van der Waals surface area (Å²) < 4.78 is 13.2. The standard InChI is InChI=1S/C16H18FN3O2/c1-19(12-13-5-3-2-4-6-13)10-9-18-15-11-14(17)7-8-16(15)20(21)22/h2-8,11,18H,9-10,12H2,1H3. The summed E-state index contributed by atoms with van der Waals surface area (Å²) in [5, 5.41) is 13.8. The summed E-state index contributed by atoms with van der Waals surface area (Å²) in [7, 11) is 1.97. The Labute approximate surface area is 128 Å². The van der Waals surface area contributed by atoms with E-state index in [1.54, 1.807) is 0 Å². The number of benzene rings is 2. The number of likely N-dealkylation sites (N-methyl/N-ethyl adjacent to an activating group) is 1. The molecule has 0 aliphatic heterocycles. The number of hydrogen-bond donors (Lipinski definition) is 1. The first-order valence-electron chi connectivity index (χ1n) is 6.96. The van der Waals surface area contributed by atoms with Crippen molar-refractivity contribution in [1.82, 2.24) is 4.90 Å². The van der Waals surface area contributed by atoms with Gasteiger partial charge < -0.3 is 10.2 Å². The van der Waals surface area contributed by atoms with Crippen LogP contribution in [-0.4, -0.2) is 30.0 Å². The van der Waals surface area contributed by atoms with Gasteiger partial charge in [-0.15, -0.1) is 0 Å². The second-order valence-electron chi connectivity index (χ2n) is 5.07. The predicted molar refractivity (Wildman–Crippen MR) is 84.3 cm³/mol. The summed E-state index contributed by atoms with van der Waals surface area (Å²) in [6.07, 6.45) is 0. The molecule has 2 aromatic rings. The minimum atomic E-state index is -0.518. The first-order chi connectivity index (χ1) is 10.6. The van der Waals surface area contributed by atoms with Gasteiger partial charge in [0.25, 0.3) is 5.69 Å². The lowest BCUT2D eigenvalue weighted by Gasteiger charge is -2.17.